The van der Waals surface area contributed by atoms with Gasteiger partial charge in [-0.05, 0) is 56.6 Å². The van der Waals surface area contributed by atoms with E-state index in [0.29, 0.717) is 23.2 Å². The van der Waals surface area contributed by atoms with Gasteiger partial charge >= 0.3 is 0 Å². The fourth-order valence-corrected chi connectivity index (χ4v) is 3.61. The molecule has 0 saturated carbocycles. The summed E-state index contributed by atoms with van der Waals surface area (Å²) in [6.07, 6.45) is 4.02. The minimum Gasteiger partial charge on any atom is -0.507 e. The number of nitrogens with one attached hydrogen (secondary N) is 1. The van der Waals surface area contributed by atoms with Crippen molar-refractivity contribution in [3.63, 3.8) is 0 Å². The Morgan fingerprint density at radius 2 is 2.15 bits per heavy atom. The van der Waals surface area contributed by atoms with E-state index in [2.05, 4.69) is 32.4 Å². The predicted octanol–water partition coefficient (Wildman–Crippen LogP) is 2.70. The molecule has 2 N–H and O–H groups in total. The molecule has 0 radical (unpaired) electrons. The maximum absolute atomic E-state index is 10.3. The number of phenols is 1. The van der Waals surface area contributed by atoms with Gasteiger partial charge in [0.15, 0.2) is 0 Å². The summed E-state index contributed by atoms with van der Waals surface area (Å²) in [7, 11) is 0. The van der Waals surface area contributed by atoms with Crippen molar-refractivity contribution in [1.82, 2.24) is 24.7 Å². The second kappa shape index (κ2) is 6.92. The summed E-state index contributed by atoms with van der Waals surface area (Å²) in [6, 6.07) is 7.79. The predicted molar refractivity (Wildman–Crippen MR) is 101 cm³/mol. The van der Waals surface area contributed by atoms with Gasteiger partial charge in [-0.1, -0.05) is 13.0 Å². The highest BCUT2D eigenvalue weighted by Crippen LogP contribution is 2.31. The number of aryl methyl sites for hydroxylation is 1. The molecule has 3 heterocycles. The van der Waals surface area contributed by atoms with Crippen molar-refractivity contribution in [2.24, 2.45) is 0 Å². The molecule has 3 aromatic rings. The molecule has 26 heavy (non-hydrogen) atoms. The molecule has 4 rings (SSSR count). The molecule has 1 atom stereocenters. The van der Waals surface area contributed by atoms with E-state index >= 15 is 0 Å². The number of nitrogens with zero attached hydrogens (tertiary/aromatic N) is 5. The summed E-state index contributed by atoms with van der Waals surface area (Å²) in [5.41, 5.74) is 3.11. The van der Waals surface area contributed by atoms with Gasteiger partial charge in [0.1, 0.15) is 11.4 Å². The van der Waals surface area contributed by atoms with Crippen molar-refractivity contribution in [2.75, 3.05) is 25.0 Å². The van der Waals surface area contributed by atoms with Crippen LogP contribution in [-0.4, -0.2) is 55.5 Å². The second-order valence-corrected chi connectivity index (χ2v) is 6.90. The molecule has 7 heteroatoms. The van der Waals surface area contributed by atoms with Gasteiger partial charge < -0.3 is 15.3 Å². The Morgan fingerprint density at radius 3 is 2.96 bits per heavy atom. The summed E-state index contributed by atoms with van der Waals surface area (Å²) in [5.74, 6) is 0.845. The van der Waals surface area contributed by atoms with Crippen LogP contribution >= 0.6 is 0 Å². The molecule has 0 aliphatic carbocycles. The first-order chi connectivity index (χ1) is 12.7. The van der Waals surface area contributed by atoms with E-state index in [-0.39, 0.29) is 5.75 Å². The molecule has 136 valence electrons. The van der Waals surface area contributed by atoms with E-state index in [1.807, 2.05) is 25.1 Å². The fraction of sp³-hybridized carbons (Fsp3) is 0.421. The molecule has 1 aromatic carbocycles. The highest BCUT2D eigenvalue weighted by atomic mass is 16.3. The van der Waals surface area contributed by atoms with Gasteiger partial charge in [-0.3, -0.25) is 0 Å². The lowest BCUT2D eigenvalue weighted by Crippen LogP contribution is -2.42. The smallest absolute Gasteiger partial charge is 0.244 e. The Morgan fingerprint density at radius 1 is 1.27 bits per heavy atom. The van der Waals surface area contributed by atoms with E-state index in [1.54, 1.807) is 16.8 Å². The van der Waals surface area contributed by atoms with E-state index in [0.717, 1.165) is 37.1 Å². The summed E-state index contributed by atoms with van der Waals surface area (Å²) in [5, 5.41) is 27.0. The van der Waals surface area contributed by atoms with Crippen LogP contribution in [0.4, 0.5) is 5.95 Å². The standard InChI is InChI=1S/C19H24N6O/c1-3-24-10-4-5-14(12-24)21-19-23-22-18(16-8-9-20-25(16)19)15-7-6-13(2)11-17(15)26/h6-9,11,14,26H,3-5,10,12H2,1-2H3,(H,21,23). The van der Waals surface area contributed by atoms with Gasteiger partial charge in [-0.2, -0.15) is 9.61 Å². The zero-order valence-electron chi connectivity index (χ0n) is 15.2. The van der Waals surface area contributed by atoms with Crippen LogP contribution in [0.25, 0.3) is 16.8 Å². The van der Waals surface area contributed by atoms with E-state index in [4.69, 9.17) is 0 Å². The normalized spacial score (nSPS) is 18.3. The van der Waals surface area contributed by atoms with Crippen LogP contribution in [0.1, 0.15) is 25.3 Å². The highest BCUT2D eigenvalue weighted by Gasteiger charge is 2.21. The maximum atomic E-state index is 10.3. The van der Waals surface area contributed by atoms with Gasteiger partial charge in [-0.25, -0.2) is 0 Å². The lowest BCUT2D eigenvalue weighted by Gasteiger charge is -2.32. The molecular weight excluding hydrogens is 328 g/mol. The fourth-order valence-electron chi connectivity index (χ4n) is 3.61. The SMILES string of the molecule is CCN1CCCC(Nc2nnc(-c3ccc(C)cc3O)c3ccnn23)C1. The number of rotatable bonds is 4. The van der Waals surface area contributed by atoms with Crippen molar-refractivity contribution in [3.05, 3.63) is 36.0 Å². The van der Waals surface area contributed by atoms with Crippen LogP contribution < -0.4 is 5.32 Å². The number of piperidine rings is 1. The number of benzene rings is 1. The molecule has 1 unspecified atom stereocenters. The number of aromatic nitrogens is 4. The van der Waals surface area contributed by atoms with Gasteiger partial charge in [0.25, 0.3) is 0 Å². The van der Waals surface area contributed by atoms with E-state index in [9.17, 15) is 5.11 Å². The topological polar surface area (TPSA) is 78.6 Å². The van der Waals surface area contributed by atoms with E-state index in [1.165, 1.54) is 6.42 Å². The summed E-state index contributed by atoms with van der Waals surface area (Å²) in [4.78, 5) is 2.44. The van der Waals surface area contributed by atoms with Gasteiger partial charge in [0.05, 0.1) is 11.7 Å². The monoisotopic (exact) mass is 352 g/mol. The first-order valence-electron chi connectivity index (χ1n) is 9.15. The van der Waals surface area contributed by atoms with Crippen molar-refractivity contribution in [1.29, 1.82) is 0 Å². The van der Waals surface area contributed by atoms with Crippen molar-refractivity contribution >= 4 is 11.5 Å². The van der Waals surface area contributed by atoms with Crippen molar-refractivity contribution in [2.45, 2.75) is 32.7 Å². The number of phenolic OH excluding ortho intramolecular Hbond substituents is 1. The molecule has 1 fully saturated rings. The Bertz CT molecular complexity index is 922. The minimum atomic E-state index is 0.203. The van der Waals surface area contributed by atoms with Gasteiger partial charge in [0, 0.05) is 18.2 Å². The number of likely N-dealkylation sites (tertiary alicyclic amines) is 1. The molecule has 0 bridgehead atoms. The average Bonchev–Trinajstić information content (AvgIpc) is 3.13. The zero-order chi connectivity index (χ0) is 18.1. The van der Waals surface area contributed by atoms with Crippen molar-refractivity contribution in [3.8, 4) is 17.0 Å². The summed E-state index contributed by atoms with van der Waals surface area (Å²) in [6.45, 7) is 7.36. The summed E-state index contributed by atoms with van der Waals surface area (Å²) >= 11 is 0. The third-order valence-corrected chi connectivity index (χ3v) is 5.02. The van der Waals surface area contributed by atoms with Crippen LogP contribution in [0.2, 0.25) is 0 Å². The van der Waals surface area contributed by atoms with Crippen molar-refractivity contribution < 1.29 is 5.11 Å². The van der Waals surface area contributed by atoms with Crippen LogP contribution in [-0.2, 0) is 0 Å². The highest BCUT2D eigenvalue weighted by molar-refractivity contribution is 5.80. The van der Waals surface area contributed by atoms with E-state index < -0.39 is 0 Å². The first-order valence-corrected chi connectivity index (χ1v) is 9.15. The third kappa shape index (κ3) is 3.10. The third-order valence-electron chi connectivity index (χ3n) is 5.02. The maximum Gasteiger partial charge on any atom is 0.244 e. The largest absolute Gasteiger partial charge is 0.507 e. The lowest BCUT2D eigenvalue weighted by atomic mass is 10.1. The Balaban J connectivity index is 1.68. The molecule has 0 amide bonds. The number of aromatic hydroxyl groups is 1. The lowest BCUT2D eigenvalue weighted by molar-refractivity contribution is 0.226. The number of hydrogen-bond acceptors (Lipinski definition) is 6. The van der Waals surface area contributed by atoms with Crippen LogP contribution in [0.3, 0.4) is 0 Å². The molecular formula is C19H24N6O. The van der Waals surface area contributed by atoms with Gasteiger partial charge in [0.2, 0.25) is 5.95 Å². The van der Waals surface area contributed by atoms with Crippen LogP contribution in [0, 0.1) is 6.92 Å². The number of fused-ring (bicyclic) bond motifs is 1. The quantitative estimate of drug-likeness (QED) is 0.752. The van der Waals surface area contributed by atoms with Crippen LogP contribution in [0.5, 0.6) is 5.75 Å². The molecule has 1 saturated heterocycles. The first kappa shape index (κ1) is 16.8. The van der Waals surface area contributed by atoms with Crippen LogP contribution in [0.15, 0.2) is 30.5 Å². The number of likely N-dealkylation sites (N-methyl/N-ethyl adjacent to an activating group) is 1. The Labute approximate surface area is 152 Å². The molecule has 2 aromatic heterocycles. The average molecular weight is 352 g/mol. The molecule has 7 nitrogen and oxygen atoms in total. The number of hydrogen-bond donors (Lipinski definition) is 2. The Hall–Kier alpha value is -2.67. The molecule has 1 aliphatic rings. The minimum absolute atomic E-state index is 0.203. The molecule has 0 spiro atoms. The summed E-state index contributed by atoms with van der Waals surface area (Å²) < 4.78 is 1.77. The number of anilines is 1. The second-order valence-electron chi connectivity index (χ2n) is 6.90. The molecule has 1 aliphatic heterocycles. The van der Waals surface area contributed by atoms with Gasteiger partial charge in [-0.15, -0.1) is 10.2 Å². The zero-order valence-corrected chi connectivity index (χ0v) is 15.2. The Kier molecular flexibility index (Phi) is 4.46.